The summed E-state index contributed by atoms with van der Waals surface area (Å²) >= 11 is 0. The Bertz CT molecular complexity index is 1090. The van der Waals surface area contributed by atoms with Gasteiger partial charge in [-0.15, -0.1) is 0 Å². The Labute approximate surface area is 192 Å². The fourth-order valence-electron chi connectivity index (χ4n) is 4.58. The van der Waals surface area contributed by atoms with Gasteiger partial charge in [-0.25, -0.2) is 9.59 Å². The van der Waals surface area contributed by atoms with Gasteiger partial charge >= 0.3 is 12.1 Å². The molecule has 0 bridgehead atoms. The van der Waals surface area contributed by atoms with Gasteiger partial charge in [0.25, 0.3) is 5.91 Å². The van der Waals surface area contributed by atoms with E-state index in [1.165, 1.54) is 4.90 Å². The third kappa shape index (κ3) is 4.85. The smallest absolute Gasteiger partial charge is 0.407 e. The zero-order chi connectivity index (χ0) is 23.4. The first-order valence-electron chi connectivity index (χ1n) is 11.1. The number of amides is 2. The third-order valence-electron chi connectivity index (χ3n) is 6.27. The van der Waals surface area contributed by atoms with Crippen molar-refractivity contribution in [3.8, 4) is 23.0 Å². The number of likely N-dealkylation sites (tertiary alicyclic amines) is 1. The van der Waals surface area contributed by atoms with E-state index in [1.54, 1.807) is 0 Å². The molecule has 33 heavy (non-hydrogen) atoms. The predicted octanol–water partition coefficient (Wildman–Crippen LogP) is 3.24. The van der Waals surface area contributed by atoms with Gasteiger partial charge in [0.05, 0.1) is 6.54 Å². The van der Waals surface area contributed by atoms with Crippen molar-refractivity contribution < 1.29 is 24.2 Å². The minimum atomic E-state index is -1.02. The molecule has 2 unspecified atom stereocenters. The molecular formula is C26H26N2O5. The zero-order valence-corrected chi connectivity index (χ0v) is 18.4. The molecule has 2 atom stereocenters. The normalized spacial score (nSPS) is 19.0. The molecule has 1 aliphatic heterocycles. The molecule has 2 N–H and O–H groups in total. The summed E-state index contributed by atoms with van der Waals surface area (Å²) in [7, 11) is 0. The van der Waals surface area contributed by atoms with Gasteiger partial charge in [0.1, 0.15) is 12.6 Å². The van der Waals surface area contributed by atoms with E-state index in [0.29, 0.717) is 13.0 Å². The van der Waals surface area contributed by atoms with Crippen molar-refractivity contribution in [1.82, 2.24) is 10.2 Å². The van der Waals surface area contributed by atoms with E-state index in [9.17, 15) is 19.5 Å². The highest BCUT2D eigenvalue weighted by atomic mass is 16.5. The number of hydrogen-bond donors (Lipinski definition) is 2. The largest absolute Gasteiger partial charge is 0.480 e. The van der Waals surface area contributed by atoms with Gasteiger partial charge in [-0.05, 0) is 46.9 Å². The number of ether oxygens (including phenoxy) is 1. The van der Waals surface area contributed by atoms with Crippen LogP contribution in [0.3, 0.4) is 0 Å². The van der Waals surface area contributed by atoms with Crippen LogP contribution in [0.15, 0.2) is 48.5 Å². The van der Waals surface area contributed by atoms with Crippen LogP contribution in [0.4, 0.5) is 4.79 Å². The van der Waals surface area contributed by atoms with Gasteiger partial charge in [-0.1, -0.05) is 61.4 Å². The summed E-state index contributed by atoms with van der Waals surface area (Å²) in [5.74, 6) is 3.68. The zero-order valence-electron chi connectivity index (χ0n) is 18.4. The maximum Gasteiger partial charge on any atom is 0.407 e. The van der Waals surface area contributed by atoms with Crippen LogP contribution in [0.25, 0.3) is 11.1 Å². The number of carboxylic acid groups (broad SMARTS) is 1. The molecule has 1 saturated heterocycles. The molecule has 7 heteroatoms. The average Bonchev–Trinajstić information content (AvgIpc) is 3.14. The molecule has 0 radical (unpaired) electrons. The maximum absolute atomic E-state index is 12.3. The number of aliphatic carboxylic acids is 1. The molecule has 0 aromatic heterocycles. The molecule has 170 valence electrons. The van der Waals surface area contributed by atoms with Gasteiger partial charge in [-0.2, -0.15) is 0 Å². The molecule has 7 nitrogen and oxygen atoms in total. The minimum absolute atomic E-state index is 0.0368. The third-order valence-corrected chi connectivity index (χ3v) is 6.27. The minimum Gasteiger partial charge on any atom is -0.480 e. The molecule has 2 aromatic rings. The van der Waals surface area contributed by atoms with Gasteiger partial charge in [-0.3, -0.25) is 4.79 Å². The Morgan fingerprint density at radius 1 is 1.09 bits per heavy atom. The number of nitrogens with zero attached hydrogens (tertiary/aromatic N) is 1. The van der Waals surface area contributed by atoms with E-state index in [-0.39, 0.29) is 25.0 Å². The Balaban J connectivity index is 1.29. The summed E-state index contributed by atoms with van der Waals surface area (Å²) in [5, 5.41) is 11.9. The quantitative estimate of drug-likeness (QED) is 0.703. The van der Waals surface area contributed by atoms with Crippen LogP contribution in [0.5, 0.6) is 0 Å². The topological polar surface area (TPSA) is 95.9 Å². The van der Waals surface area contributed by atoms with Crippen molar-refractivity contribution in [2.75, 3.05) is 19.7 Å². The number of benzene rings is 2. The molecule has 1 aliphatic carbocycles. The molecule has 0 saturated carbocycles. The molecule has 1 fully saturated rings. The second-order valence-electron chi connectivity index (χ2n) is 8.46. The SMILES string of the molecule is CC1CCN(C(=O)C#CCNC(=O)OCC2c3ccccc3-c3ccccc32)C(C(=O)O)C1. The molecule has 4 rings (SSSR count). The Hall–Kier alpha value is -3.79. The molecule has 2 aromatic carbocycles. The average molecular weight is 447 g/mol. The highest BCUT2D eigenvalue weighted by Crippen LogP contribution is 2.44. The number of rotatable bonds is 4. The van der Waals surface area contributed by atoms with Gasteiger partial charge in [0, 0.05) is 12.5 Å². The number of carbonyl (C=O) groups excluding carboxylic acids is 2. The molecule has 2 aliphatic rings. The predicted molar refractivity (Wildman–Crippen MR) is 122 cm³/mol. The van der Waals surface area contributed by atoms with Crippen molar-refractivity contribution in [2.45, 2.75) is 31.7 Å². The Morgan fingerprint density at radius 2 is 1.73 bits per heavy atom. The van der Waals surface area contributed by atoms with Crippen LogP contribution >= 0.6 is 0 Å². The second-order valence-corrected chi connectivity index (χ2v) is 8.46. The fraction of sp³-hybridized carbons (Fsp3) is 0.346. The van der Waals surface area contributed by atoms with E-state index in [0.717, 1.165) is 28.7 Å². The lowest BCUT2D eigenvalue weighted by molar-refractivity contribution is -0.150. The highest BCUT2D eigenvalue weighted by Gasteiger charge is 2.34. The summed E-state index contributed by atoms with van der Waals surface area (Å²) in [6.45, 7) is 2.47. The number of carboxylic acids is 1. The van der Waals surface area contributed by atoms with Gasteiger partial charge < -0.3 is 20.1 Å². The Morgan fingerprint density at radius 3 is 2.36 bits per heavy atom. The first-order valence-corrected chi connectivity index (χ1v) is 11.1. The van der Waals surface area contributed by atoms with Crippen LogP contribution in [0.1, 0.15) is 36.8 Å². The summed E-state index contributed by atoms with van der Waals surface area (Å²) in [5.41, 5.74) is 4.55. The maximum atomic E-state index is 12.3. The van der Waals surface area contributed by atoms with Gasteiger partial charge in [0.2, 0.25) is 0 Å². The molecule has 1 heterocycles. The molecule has 0 spiro atoms. The monoisotopic (exact) mass is 446 g/mol. The first kappa shape index (κ1) is 22.4. The number of fused-ring (bicyclic) bond motifs is 3. The fourth-order valence-corrected chi connectivity index (χ4v) is 4.58. The van der Waals surface area contributed by atoms with Crippen molar-refractivity contribution in [3.63, 3.8) is 0 Å². The van der Waals surface area contributed by atoms with Crippen molar-refractivity contribution in [3.05, 3.63) is 59.7 Å². The van der Waals surface area contributed by atoms with Gasteiger partial charge in [0.15, 0.2) is 0 Å². The van der Waals surface area contributed by atoms with E-state index in [2.05, 4.69) is 29.3 Å². The second kappa shape index (κ2) is 9.78. The van der Waals surface area contributed by atoms with E-state index in [1.807, 2.05) is 43.3 Å². The lowest BCUT2D eigenvalue weighted by Crippen LogP contribution is -2.49. The standard InChI is InChI=1S/C26H26N2O5/c1-17-12-14-28(23(15-17)25(30)31)24(29)11-6-13-27-26(32)33-16-22-20-9-4-2-7-18(20)19-8-3-5-10-21(19)22/h2-5,7-10,17,22-23H,12-16H2,1H3,(H,27,32)(H,30,31). The number of carbonyl (C=O) groups is 3. The number of alkyl carbamates (subject to hydrolysis) is 1. The van der Waals surface area contributed by atoms with Crippen LogP contribution in [0, 0.1) is 17.8 Å². The molecular weight excluding hydrogens is 420 g/mol. The summed E-state index contributed by atoms with van der Waals surface area (Å²) in [6.07, 6.45) is 0.546. The first-order chi connectivity index (χ1) is 16.0. The van der Waals surface area contributed by atoms with E-state index >= 15 is 0 Å². The van der Waals surface area contributed by atoms with Crippen molar-refractivity contribution in [1.29, 1.82) is 0 Å². The van der Waals surface area contributed by atoms with Crippen molar-refractivity contribution >= 4 is 18.0 Å². The summed E-state index contributed by atoms with van der Waals surface area (Å²) in [6, 6.07) is 15.3. The van der Waals surface area contributed by atoms with Crippen LogP contribution in [-0.2, 0) is 14.3 Å². The lowest BCUT2D eigenvalue weighted by Gasteiger charge is -2.34. The van der Waals surface area contributed by atoms with Crippen LogP contribution in [-0.4, -0.2) is 53.7 Å². The lowest BCUT2D eigenvalue weighted by atomic mass is 9.92. The van der Waals surface area contributed by atoms with E-state index in [4.69, 9.17) is 4.74 Å². The summed E-state index contributed by atoms with van der Waals surface area (Å²) < 4.78 is 5.43. The summed E-state index contributed by atoms with van der Waals surface area (Å²) in [4.78, 5) is 37.3. The highest BCUT2D eigenvalue weighted by molar-refractivity contribution is 5.96. The van der Waals surface area contributed by atoms with Crippen molar-refractivity contribution in [2.24, 2.45) is 5.92 Å². The number of nitrogens with one attached hydrogen (secondary N) is 1. The van der Waals surface area contributed by atoms with Crippen LogP contribution in [0.2, 0.25) is 0 Å². The Kier molecular flexibility index (Phi) is 6.64. The van der Waals surface area contributed by atoms with Crippen LogP contribution < -0.4 is 5.32 Å². The number of hydrogen-bond acceptors (Lipinski definition) is 4. The molecule has 2 amide bonds. The number of piperidine rings is 1. The van der Waals surface area contributed by atoms with E-state index < -0.39 is 24.0 Å².